The summed E-state index contributed by atoms with van der Waals surface area (Å²) >= 11 is 1.46. The average molecular weight is 492 g/mol. The van der Waals surface area contributed by atoms with Gasteiger partial charge in [0.05, 0.1) is 18.4 Å². The molecule has 0 aliphatic heterocycles. The summed E-state index contributed by atoms with van der Waals surface area (Å²) in [5.74, 6) is -0.233. The van der Waals surface area contributed by atoms with E-state index < -0.39 is 11.5 Å². The number of amides is 2. The van der Waals surface area contributed by atoms with Crippen LogP contribution >= 0.6 is 11.3 Å². The van der Waals surface area contributed by atoms with Crippen LogP contribution in [-0.4, -0.2) is 58.2 Å². The average Bonchev–Trinajstić information content (AvgIpc) is 3.13. The second-order valence-corrected chi connectivity index (χ2v) is 13.0. The highest BCUT2D eigenvalue weighted by Gasteiger charge is 2.59. The van der Waals surface area contributed by atoms with Gasteiger partial charge < -0.3 is 20.4 Å². The first-order chi connectivity index (χ1) is 15.7. The number of hydrogen-bond acceptors (Lipinski definition) is 6. The normalized spacial score (nSPS) is 30.8. The van der Waals surface area contributed by atoms with Gasteiger partial charge in [-0.2, -0.15) is 0 Å². The maximum absolute atomic E-state index is 13.1. The molecule has 1 saturated carbocycles. The van der Waals surface area contributed by atoms with E-state index in [1.54, 1.807) is 18.0 Å². The Balaban J connectivity index is 2.01. The number of likely N-dealkylation sites (N-methyl/N-ethyl adjacent to an activating group) is 1. The summed E-state index contributed by atoms with van der Waals surface area (Å²) in [4.78, 5) is 33.3. The molecule has 0 spiro atoms. The van der Waals surface area contributed by atoms with Gasteiger partial charge in [0.2, 0.25) is 11.8 Å². The van der Waals surface area contributed by atoms with Gasteiger partial charge in [0.1, 0.15) is 0 Å². The van der Waals surface area contributed by atoms with E-state index in [0.29, 0.717) is 37.4 Å². The second kappa shape index (κ2) is 9.70. The minimum Gasteiger partial charge on any atom is -0.396 e. The molecule has 3 N–H and O–H groups in total. The Labute approximate surface area is 207 Å². The van der Waals surface area contributed by atoms with E-state index in [1.807, 2.05) is 27.7 Å². The molecule has 1 aromatic rings. The van der Waals surface area contributed by atoms with Crippen molar-refractivity contribution >= 4 is 28.3 Å². The van der Waals surface area contributed by atoms with Crippen LogP contribution in [0.15, 0.2) is 12.7 Å². The molecule has 0 aromatic carbocycles. The quantitative estimate of drug-likeness (QED) is 0.501. The number of aliphatic hydroxyl groups is 2. The largest absolute Gasteiger partial charge is 0.396 e. The number of thiazole rings is 1. The van der Waals surface area contributed by atoms with Crippen LogP contribution in [0.1, 0.15) is 76.8 Å². The van der Waals surface area contributed by atoms with E-state index in [4.69, 9.17) is 4.98 Å². The predicted octanol–water partition coefficient (Wildman–Crippen LogP) is 3.97. The number of carbonyl (C=O) groups is 2. The lowest BCUT2D eigenvalue weighted by molar-refractivity contribution is -0.146. The number of nitrogens with zero attached hydrogens (tertiary/aromatic N) is 2. The van der Waals surface area contributed by atoms with E-state index in [-0.39, 0.29) is 41.1 Å². The SMILES string of the molecule is C=CCN(C)C(=O)C[C@@H]1c2nc(NC(=O)CC(C)(C)C)sc2C[C@@H]2[C@](C)(CO)[C@H](O)CC[C@]21C. The molecule has 8 heteroatoms. The zero-order valence-corrected chi connectivity index (χ0v) is 22.3. The number of hydrogen-bond donors (Lipinski definition) is 3. The highest BCUT2D eigenvalue weighted by atomic mass is 32.1. The number of anilines is 1. The summed E-state index contributed by atoms with van der Waals surface area (Å²) in [5.41, 5.74) is -0.229. The van der Waals surface area contributed by atoms with Gasteiger partial charge in [-0.3, -0.25) is 9.59 Å². The molecule has 1 heterocycles. The molecule has 34 heavy (non-hydrogen) atoms. The van der Waals surface area contributed by atoms with Crippen LogP contribution in [0.2, 0.25) is 0 Å². The highest BCUT2D eigenvalue weighted by molar-refractivity contribution is 7.15. The molecule has 1 fully saturated rings. The second-order valence-electron chi connectivity index (χ2n) is 11.9. The Bertz CT molecular complexity index is 939. The minimum atomic E-state index is -0.668. The molecule has 7 nitrogen and oxygen atoms in total. The first-order valence-corrected chi connectivity index (χ1v) is 13.0. The maximum Gasteiger partial charge on any atom is 0.226 e. The molecule has 0 radical (unpaired) electrons. The molecule has 2 aliphatic rings. The van der Waals surface area contributed by atoms with Gasteiger partial charge in [-0.05, 0) is 36.0 Å². The molecular weight excluding hydrogens is 450 g/mol. The summed E-state index contributed by atoms with van der Waals surface area (Å²) < 4.78 is 0. The number of aliphatic hydroxyl groups excluding tert-OH is 2. The Morgan fingerprint density at radius 2 is 2.03 bits per heavy atom. The van der Waals surface area contributed by atoms with Gasteiger partial charge in [0, 0.05) is 42.6 Å². The van der Waals surface area contributed by atoms with E-state index in [2.05, 4.69) is 18.8 Å². The lowest BCUT2D eigenvalue weighted by atomic mass is 9.47. The maximum atomic E-state index is 13.1. The molecule has 3 rings (SSSR count). The van der Waals surface area contributed by atoms with E-state index in [9.17, 15) is 19.8 Å². The van der Waals surface area contributed by atoms with E-state index in [0.717, 1.165) is 17.0 Å². The number of carbonyl (C=O) groups excluding carboxylic acids is 2. The van der Waals surface area contributed by atoms with Crippen LogP contribution in [0.5, 0.6) is 0 Å². The van der Waals surface area contributed by atoms with Crippen molar-refractivity contribution in [3.05, 3.63) is 23.2 Å². The third-order valence-corrected chi connectivity index (χ3v) is 9.05. The van der Waals surface area contributed by atoms with Crippen LogP contribution in [0.4, 0.5) is 5.13 Å². The fourth-order valence-corrected chi connectivity index (χ4v) is 7.05. The number of rotatable bonds is 7. The van der Waals surface area contributed by atoms with Gasteiger partial charge in [-0.1, -0.05) is 40.7 Å². The Hall–Kier alpha value is -1.77. The molecule has 2 aliphatic carbocycles. The molecule has 190 valence electrons. The third-order valence-electron chi connectivity index (χ3n) is 8.04. The predicted molar refractivity (Wildman–Crippen MR) is 136 cm³/mol. The Morgan fingerprint density at radius 1 is 1.35 bits per heavy atom. The van der Waals surface area contributed by atoms with Crippen molar-refractivity contribution in [2.24, 2.45) is 22.2 Å². The first kappa shape index (κ1) is 26.8. The summed E-state index contributed by atoms with van der Waals surface area (Å²) in [5, 5.41) is 24.8. The number of nitrogens with one attached hydrogen (secondary N) is 1. The van der Waals surface area contributed by atoms with Crippen LogP contribution in [0.3, 0.4) is 0 Å². The molecule has 1 aromatic heterocycles. The fraction of sp³-hybridized carbons (Fsp3) is 0.731. The van der Waals surface area contributed by atoms with Crippen molar-refractivity contribution in [1.29, 1.82) is 0 Å². The zero-order valence-electron chi connectivity index (χ0n) is 21.5. The first-order valence-electron chi connectivity index (χ1n) is 12.2. The molecule has 0 bridgehead atoms. The summed E-state index contributed by atoms with van der Waals surface area (Å²) in [6.45, 7) is 14.3. The molecule has 0 saturated heterocycles. The Kier molecular flexibility index (Phi) is 7.66. The lowest BCUT2D eigenvalue weighted by Gasteiger charge is -2.58. The van der Waals surface area contributed by atoms with Crippen molar-refractivity contribution in [2.75, 3.05) is 25.5 Å². The summed E-state index contributed by atoms with van der Waals surface area (Å²) in [6.07, 6.45) is 3.78. The van der Waals surface area contributed by atoms with Crippen LogP contribution in [-0.2, 0) is 16.0 Å². The van der Waals surface area contributed by atoms with Gasteiger partial charge in [0.25, 0.3) is 0 Å². The molecule has 0 unspecified atom stereocenters. The van der Waals surface area contributed by atoms with Crippen molar-refractivity contribution in [3.63, 3.8) is 0 Å². The highest BCUT2D eigenvalue weighted by Crippen LogP contribution is 2.62. The van der Waals surface area contributed by atoms with Crippen LogP contribution in [0.25, 0.3) is 0 Å². The van der Waals surface area contributed by atoms with Crippen molar-refractivity contribution < 1.29 is 19.8 Å². The van der Waals surface area contributed by atoms with Crippen LogP contribution < -0.4 is 5.32 Å². The zero-order chi connectivity index (χ0) is 25.5. The smallest absolute Gasteiger partial charge is 0.226 e. The van der Waals surface area contributed by atoms with Crippen LogP contribution in [0, 0.1) is 22.2 Å². The van der Waals surface area contributed by atoms with Crippen molar-refractivity contribution in [1.82, 2.24) is 9.88 Å². The Morgan fingerprint density at radius 3 is 2.62 bits per heavy atom. The number of fused-ring (bicyclic) bond motifs is 2. The molecule has 5 atom stereocenters. The monoisotopic (exact) mass is 491 g/mol. The minimum absolute atomic E-state index is 0.0117. The van der Waals surface area contributed by atoms with E-state index in [1.165, 1.54) is 11.3 Å². The number of aromatic nitrogens is 1. The molecule has 2 amide bonds. The third kappa shape index (κ3) is 5.09. The van der Waals surface area contributed by atoms with E-state index >= 15 is 0 Å². The van der Waals surface area contributed by atoms with Gasteiger partial charge in [0.15, 0.2) is 5.13 Å². The fourth-order valence-electron chi connectivity index (χ4n) is 5.97. The topological polar surface area (TPSA) is 103 Å². The standard InChI is InChI=1S/C26H41N3O4S/c1-8-11-29(7)21(33)12-16-22-17(34-23(28-22)27-20(32)14-24(2,3)4)13-18-25(16,5)10-9-19(31)26(18,6)15-30/h8,16,18-19,30-31H,1,9-15H2,2-7H3,(H,27,28,32)/t16-,18+,19-,25+,26+/m1/s1. The lowest BCUT2D eigenvalue weighted by Crippen LogP contribution is -2.57. The van der Waals surface area contributed by atoms with Gasteiger partial charge in [-0.15, -0.1) is 17.9 Å². The summed E-state index contributed by atoms with van der Waals surface area (Å²) in [6, 6.07) is 0. The summed E-state index contributed by atoms with van der Waals surface area (Å²) in [7, 11) is 1.77. The van der Waals surface area contributed by atoms with Gasteiger partial charge >= 0.3 is 0 Å². The molecular formula is C26H41N3O4S. The van der Waals surface area contributed by atoms with Gasteiger partial charge in [-0.25, -0.2) is 4.98 Å². The van der Waals surface area contributed by atoms with Crippen molar-refractivity contribution in [2.45, 2.75) is 78.7 Å². The van der Waals surface area contributed by atoms with Crippen molar-refractivity contribution in [3.8, 4) is 0 Å².